The number of carboxylic acid groups (broad SMARTS) is 1. The van der Waals surface area contributed by atoms with Gasteiger partial charge < -0.3 is 10.4 Å². The Balaban J connectivity index is 4.13. The summed E-state index contributed by atoms with van der Waals surface area (Å²) in [5.74, 6) is 1.41. The first-order valence-electron chi connectivity index (χ1n) is 5.21. The molecule has 90 valence electrons. The van der Waals surface area contributed by atoms with E-state index in [2.05, 4.69) is 11.2 Å². The van der Waals surface area contributed by atoms with Crippen LogP contribution in [0.4, 0.5) is 0 Å². The zero-order chi connectivity index (χ0) is 12.8. The third-order valence-corrected chi connectivity index (χ3v) is 2.10. The number of nitrogens with one attached hydrogen (secondary N) is 1. The van der Waals surface area contributed by atoms with Crippen molar-refractivity contribution in [3.63, 3.8) is 0 Å². The van der Waals surface area contributed by atoms with Crippen molar-refractivity contribution in [3.8, 4) is 12.3 Å². The van der Waals surface area contributed by atoms with Gasteiger partial charge in [-0.15, -0.1) is 12.3 Å². The van der Waals surface area contributed by atoms with Crippen molar-refractivity contribution in [1.82, 2.24) is 5.32 Å². The van der Waals surface area contributed by atoms with Crippen molar-refractivity contribution in [1.29, 1.82) is 0 Å². The molecule has 0 saturated carbocycles. The first-order valence-corrected chi connectivity index (χ1v) is 5.21. The van der Waals surface area contributed by atoms with Gasteiger partial charge in [-0.1, -0.05) is 13.8 Å². The molecule has 0 spiro atoms. The summed E-state index contributed by atoms with van der Waals surface area (Å²) in [4.78, 5) is 22.1. The van der Waals surface area contributed by atoms with Crippen molar-refractivity contribution in [2.75, 3.05) is 0 Å². The van der Waals surface area contributed by atoms with Gasteiger partial charge in [0.2, 0.25) is 5.91 Å². The van der Waals surface area contributed by atoms with Gasteiger partial charge in [-0.25, -0.2) is 0 Å². The van der Waals surface area contributed by atoms with Crippen molar-refractivity contribution in [2.24, 2.45) is 5.41 Å². The lowest BCUT2D eigenvalue weighted by molar-refractivity contribution is -0.139. The van der Waals surface area contributed by atoms with Gasteiger partial charge in [0.05, 0.1) is 6.42 Å². The number of terminal acetylenes is 1. The first kappa shape index (κ1) is 14.5. The average molecular weight is 225 g/mol. The Morgan fingerprint density at radius 3 is 2.44 bits per heavy atom. The number of carbonyl (C=O) groups is 2. The standard InChI is InChI=1S/C12H19NO3/c1-5-6-9(2)13-10(14)7-12(3,4)8-11(15)16/h1,9H,6-8H2,2-4H3,(H,13,14)(H,15,16). The van der Waals surface area contributed by atoms with Crippen LogP contribution < -0.4 is 5.32 Å². The highest BCUT2D eigenvalue weighted by Gasteiger charge is 2.25. The predicted octanol–water partition coefficient (Wildman–Crippen LogP) is 1.41. The Morgan fingerprint density at radius 1 is 1.44 bits per heavy atom. The molecule has 0 saturated heterocycles. The van der Waals surface area contributed by atoms with Gasteiger partial charge in [0.15, 0.2) is 0 Å². The van der Waals surface area contributed by atoms with Crippen molar-refractivity contribution < 1.29 is 14.7 Å². The maximum atomic E-state index is 11.6. The largest absolute Gasteiger partial charge is 0.481 e. The van der Waals surface area contributed by atoms with Gasteiger partial charge >= 0.3 is 5.97 Å². The van der Waals surface area contributed by atoms with E-state index in [0.29, 0.717) is 6.42 Å². The minimum atomic E-state index is -0.894. The van der Waals surface area contributed by atoms with E-state index in [9.17, 15) is 9.59 Å². The van der Waals surface area contributed by atoms with Crippen LogP contribution in [0.5, 0.6) is 0 Å². The molecular weight excluding hydrogens is 206 g/mol. The first-order chi connectivity index (χ1) is 7.26. The predicted molar refractivity (Wildman–Crippen MR) is 61.7 cm³/mol. The molecule has 1 unspecified atom stereocenters. The second-order valence-corrected chi connectivity index (χ2v) is 4.79. The third kappa shape index (κ3) is 6.88. The zero-order valence-electron chi connectivity index (χ0n) is 10.0. The normalized spacial score (nSPS) is 12.6. The molecule has 4 heteroatoms. The zero-order valence-corrected chi connectivity index (χ0v) is 10.0. The molecule has 0 aliphatic carbocycles. The Labute approximate surface area is 96.4 Å². The lowest BCUT2D eigenvalue weighted by Gasteiger charge is -2.22. The summed E-state index contributed by atoms with van der Waals surface area (Å²) in [7, 11) is 0. The minimum absolute atomic E-state index is 0.0239. The molecule has 0 heterocycles. The highest BCUT2D eigenvalue weighted by atomic mass is 16.4. The van der Waals surface area contributed by atoms with E-state index in [1.54, 1.807) is 13.8 Å². The molecule has 16 heavy (non-hydrogen) atoms. The van der Waals surface area contributed by atoms with Crippen molar-refractivity contribution >= 4 is 11.9 Å². The van der Waals surface area contributed by atoms with Crippen LogP contribution in [0.2, 0.25) is 0 Å². The molecule has 0 rings (SSSR count). The lowest BCUT2D eigenvalue weighted by atomic mass is 9.85. The Kier molecular flexibility index (Phi) is 5.59. The lowest BCUT2D eigenvalue weighted by Crippen LogP contribution is -2.35. The highest BCUT2D eigenvalue weighted by Crippen LogP contribution is 2.24. The van der Waals surface area contributed by atoms with Gasteiger partial charge in [0.1, 0.15) is 0 Å². The Bertz CT molecular complexity index is 302. The third-order valence-electron chi connectivity index (χ3n) is 2.10. The second kappa shape index (κ2) is 6.16. The maximum Gasteiger partial charge on any atom is 0.303 e. The van der Waals surface area contributed by atoms with Crippen LogP contribution in [-0.4, -0.2) is 23.0 Å². The summed E-state index contributed by atoms with van der Waals surface area (Å²) in [6, 6.07) is -0.0712. The number of amides is 1. The molecule has 0 aromatic carbocycles. The van der Waals surface area contributed by atoms with E-state index >= 15 is 0 Å². The fourth-order valence-corrected chi connectivity index (χ4v) is 1.46. The molecule has 2 N–H and O–H groups in total. The summed E-state index contributed by atoms with van der Waals surface area (Å²) in [5.41, 5.74) is -0.536. The molecule has 4 nitrogen and oxygen atoms in total. The van der Waals surface area contributed by atoms with E-state index in [0.717, 1.165) is 0 Å². The van der Waals surface area contributed by atoms with Gasteiger partial charge in [-0.3, -0.25) is 9.59 Å². The quantitative estimate of drug-likeness (QED) is 0.671. The monoisotopic (exact) mass is 225 g/mol. The highest BCUT2D eigenvalue weighted by molar-refractivity contribution is 5.78. The van der Waals surface area contributed by atoms with Crippen LogP contribution >= 0.6 is 0 Å². The number of carbonyl (C=O) groups excluding carboxylic acids is 1. The molecule has 0 aliphatic rings. The van der Waals surface area contributed by atoms with Crippen LogP contribution in [-0.2, 0) is 9.59 Å². The number of aliphatic carboxylic acids is 1. The molecule has 1 amide bonds. The Morgan fingerprint density at radius 2 is 2.00 bits per heavy atom. The molecule has 0 fully saturated rings. The summed E-state index contributed by atoms with van der Waals surface area (Å²) >= 11 is 0. The van der Waals surface area contributed by atoms with Crippen molar-refractivity contribution in [2.45, 2.75) is 46.1 Å². The second-order valence-electron chi connectivity index (χ2n) is 4.79. The summed E-state index contributed by atoms with van der Waals surface area (Å²) in [6.45, 7) is 5.33. The van der Waals surface area contributed by atoms with Crippen LogP contribution in [0.15, 0.2) is 0 Å². The van der Waals surface area contributed by atoms with Crippen LogP contribution in [0.25, 0.3) is 0 Å². The summed E-state index contributed by atoms with van der Waals surface area (Å²) in [6.07, 6.45) is 5.76. The van der Waals surface area contributed by atoms with Crippen LogP contribution in [0.1, 0.15) is 40.0 Å². The average Bonchev–Trinajstić information content (AvgIpc) is 1.98. The van der Waals surface area contributed by atoms with E-state index < -0.39 is 11.4 Å². The topological polar surface area (TPSA) is 66.4 Å². The van der Waals surface area contributed by atoms with Gasteiger partial charge in [-0.05, 0) is 12.3 Å². The van der Waals surface area contributed by atoms with Crippen molar-refractivity contribution in [3.05, 3.63) is 0 Å². The molecule has 0 aromatic heterocycles. The summed E-state index contributed by atoms with van der Waals surface area (Å²) < 4.78 is 0. The SMILES string of the molecule is C#CCC(C)NC(=O)CC(C)(C)CC(=O)O. The van der Waals surface area contributed by atoms with E-state index in [-0.39, 0.29) is 24.8 Å². The molecule has 0 aromatic rings. The Hall–Kier alpha value is -1.50. The van der Waals surface area contributed by atoms with Gasteiger partial charge in [-0.2, -0.15) is 0 Å². The van der Waals surface area contributed by atoms with Gasteiger partial charge in [0.25, 0.3) is 0 Å². The maximum absolute atomic E-state index is 11.6. The fraction of sp³-hybridized carbons (Fsp3) is 0.667. The minimum Gasteiger partial charge on any atom is -0.481 e. The number of carboxylic acids is 1. The van der Waals surface area contributed by atoms with Gasteiger partial charge in [0, 0.05) is 18.9 Å². The summed E-state index contributed by atoms with van der Waals surface area (Å²) in [5, 5.41) is 11.4. The van der Waals surface area contributed by atoms with E-state index in [1.165, 1.54) is 0 Å². The molecule has 1 atom stereocenters. The molecular formula is C12H19NO3. The molecule has 0 radical (unpaired) electrons. The number of hydrogen-bond acceptors (Lipinski definition) is 2. The fourth-order valence-electron chi connectivity index (χ4n) is 1.46. The van der Waals surface area contributed by atoms with Crippen LogP contribution in [0, 0.1) is 17.8 Å². The van der Waals surface area contributed by atoms with E-state index in [1.807, 2.05) is 6.92 Å². The smallest absolute Gasteiger partial charge is 0.303 e. The molecule has 0 bridgehead atoms. The number of hydrogen-bond donors (Lipinski definition) is 2. The van der Waals surface area contributed by atoms with Crippen LogP contribution in [0.3, 0.4) is 0 Å². The molecule has 0 aliphatic heterocycles. The number of rotatable bonds is 6. The van der Waals surface area contributed by atoms with E-state index in [4.69, 9.17) is 11.5 Å².